The van der Waals surface area contributed by atoms with Crippen molar-refractivity contribution in [2.75, 3.05) is 13.2 Å². The molecule has 2 rings (SSSR count). The van der Waals surface area contributed by atoms with Crippen LogP contribution in [0.2, 0.25) is 0 Å². The van der Waals surface area contributed by atoms with Gasteiger partial charge in [-0.25, -0.2) is 0 Å². The first-order valence-corrected chi connectivity index (χ1v) is 8.51. The van der Waals surface area contributed by atoms with Crippen LogP contribution in [-0.2, 0) is 17.6 Å². The van der Waals surface area contributed by atoms with E-state index >= 15 is 0 Å². The molecule has 0 saturated carbocycles. The highest BCUT2D eigenvalue weighted by Crippen LogP contribution is 2.17. The second-order valence-electron chi connectivity index (χ2n) is 6.24. The van der Waals surface area contributed by atoms with Crippen molar-refractivity contribution in [3.63, 3.8) is 0 Å². The quantitative estimate of drug-likeness (QED) is 0.444. The van der Waals surface area contributed by atoms with Gasteiger partial charge < -0.3 is 4.74 Å². The first-order chi connectivity index (χ1) is 11.2. The van der Waals surface area contributed by atoms with E-state index in [1.165, 1.54) is 34.2 Å². The van der Waals surface area contributed by atoms with Gasteiger partial charge in [0.05, 0.1) is 6.61 Å². The lowest BCUT2D eigenvalue weighted by Gasteiger charge is -2.08. The Labute approximate surface area is 141 Å². The van der Waals surface area contributed by atoms with Crippen molar-refractivity contribution in [3.8, 4) is 0 Å². The summed E-state index contributed by atoms with van der Waals surface area (Å²) in [5.41, 5.74) is 6.94. The highest BCUT2D eigenvalue weighted by Gasteiger charge is 2.01. The van der Waals surface area contributed by atoms with Crippen molar-refractivity contribution in [1.82, 2.24) is 0 Å². The summed E-state index contributed by atoms with van der Waals surface area (Å²) >= 11 is 0. The van der Waals surface area contributed by atoms with Crippen LogP contribution in [-0.4, -0.2) is 13.2 Å². The number of ether oxygens (including phenoxy) is 1. The third kappa shape index (κ3) is 6.03. The largest absolute Gasteiger partial charge is 0.377 e. The molecule has 0 saturated heterocycles. The van der Waals surface area contributed by atoms with Crippen molar-refractivity contribution >= 4 is 0 Å². The maximum Gasteiger partial charge on any atom is 0.0644 e. The van der Waals surface area contributed by atoms with Crippen LogP contribution in [0.1, 0.15) is 40.7 Å². The van der Waals surface area contributed by atoms with Crippen LogP contribution in [0.5, 0.6) is 0 Å². The van der Waals surface area contributed by atoms with E-state index in [-0.39, 0.29) is 0 Å². The molecule has 0 fully saturated rings. The van der Waals surface area contributed by atoms with E-state index < -0.39 is 0 Å². The van der Waals surface area contributed by atoms with Crippen LogP contribution in [0.4, 0.5) is 0 Å². The van der Waals surface area contributed by atoms with E-state index in [0.717, 1.165) is 25.9 Å². The van der Waals surface area contributed by atoms with Crippen molar-refractivity contribution < 1.29 is 4.74 Å². The van der Waals surface area contributed by atoms with Crippen LogP contribution in [0.25, 0.3) is 0 Å². The summed E-state index contributed by atoms with van der Waals surface area (Å²) in [6.45, 7) is 9.49. The first kappa shape index (κ1) is 17.5. The number of unbranched alkanes of at least 4 members (excludes halogenated alkanes) is 1. The predicted octanol–water partition coefficient (Wildman–Crippen LogP) is 5.42. The number of hydrogen-bond donors (Lipinski definition) is 0. The van der Waals surface area contributed by atoms with Gasteiger partial charge in [-0.05, 0) is 61.8 Å². The fraction of sp³-hybridized carbons (Fsp3) is 0.364. The molecule has 0 amide bonds. The zero-order valence-electron chi connectivity index (χ0n) is 14.5. The zero-order chi connectivity index (χ0) is 16.5. The molecular weight excluding hydrogens is 280 g/mol. The Morgan fingerprint density at radius 1 is 0.957 bits per heavy atom. The molecule has 0 aliphatic rings. The minimum atomic E-state index is 0.660. The molecule has 0 aliphatic carbocycles. The molecule has 122 valence electrons. The monoisotopic (exact) mass is 308 g/mol. The van der Waals surface area contributed by atoms with Gasteiger partial charge in [-0.1, -0.05) is 54.1 Å². The lowest BCUT2D eigenvalue weighted by Crippen LogP contribution is -1.96. The molecule has 0 aliphatic heterocycles. The molecule has 0 bridgehead atoms. The zero-order valence-corrected chi connectivity index (χ0v) is 14.5. The van der Waals surface area contributed by atoms with Crippen molar-refractivity contribution in [3.05, 3.63) is 82.9 Å². The van der Waals surface area contributed by atoms with E-state index in [2.05, 4.69) is 62.9 Å². The number of benzene rings is 2. The molecule has 0 N–H and O–H groups in total. The second kappa shape index (κ2) is 9.32. The van der Waals surface area contributed by atoms with E-state index in [9.17, 15) is 0 Å². The van der Waals surface area contributed by atoms with Gasteiger partial charge in [0.1, 0.15) is 0 Å². The van der Waals surface area contributed by atoms with Gasteiger partial charge in [0.15, 0.2) is 0 Å². The van der Waals surface area contributed by atoms with Crippen LogP contribution in [0, 0.1) is 13.8 Å². The molecule has 0 aromatic heterocycles. The smallest absolute Gasteiger partial charge is 0.0644 e. The Kier molecular flexibility index (Phi) is 7.09. The maximum atomic E-state index is 5.41. The second-order valence-corrected chi connectivity index (χ2v) is 6.24. The van der Waals surface area contributed by atoms with Gasteiger partial charge in [0, 0.05) is 6.61 Å². The van der Waals surface area contributed by atoms with Crippen molar-refractivity contribution in [2.24, 2.45) is 0 Å². The number of aryl methyl sites for hydroxylation is 3. The summed E-state index contributed by atoms with van der Waals surface area (Å²) in [6.07, 6.45) is 6.23. The van der Waals surface area contributed by atoms with Crippen molar-refractivity contribution in [2.45, 2.75) is 39.5 Å². The summed E-state index contributed by atoms with van der Waals surface area (Å²) in [4.78, 5) is 0. The van der Waals surface area contributed by atoms with Crippen LogP contribution in [0.3, 0.4) is 0 Å². The maximum absolute atomic E-state index is 5.41. The average molecular weight is 308 g/mol. The Bertz CT molecular complexity index is 610. The Hall–Kier alpha value is -1.86. The third-order valence-electron chi connectivity index (χ3n) is 4.16. The standard InChI is InChI=1S/C22H28O/c1-4-14-23-15-6-5-7-20-10-12-21(13-11-20)17-22-16-18(2)8-9-19(22)3/h4,8-13,16H,1,5-7,14-15,17H2,2-3H3. The summed E-state index contributed by atoms with van der Waals surface area (Å²) in [7, 11) is 0. The molecular formula is C22H28O. The number of hydrogen-bond acceptors (Lipinski definition) is 1. The highest BCUT2D eigenvalue weighted by atomic mass is 16.5. The molecule has 2 aromatic carbocycles. The Morgan fingerprint density at radius 2 is 1.70 bits per heavy atom. The van der Waals surface area contributed by atoms with Gasteiger partial charge in [0.25, 0.3) is 0 Å². The minimum Gasteiger partial charge on any atom is -0.377 e. The molecule has 0 radical (unpaired) electrons. The predicted molar refractivity (Wildman–Crippen MR) is 99.1 cm³/mol. The summed E-state index contributed by atoms with van der Waals surface area (Å²) < 4.78 is 5.41. The van der Waals surface area contributed by atoms with Gasteiger partial charge in [0.2, 0.25) is 0 Å². The molecule has 0 unspecified atom stereocenters. The van der Waals surface area contributed by atoms with Crippen LogP contribution < -0.4 is 0 Å². The van der Waals surface area contributed by atoms with Crippen LogP contribution in [0.15, 0.2) is 55.1 Å². The van der Waals surface area contributed by atoms with Gasteiger partial charge in [-0.15, -0.1) is 6.58 Å². The normalized spacial score (nSPS) is 10.7. The summed E-state index contributed by atoms with van der Waals surface area (Å²) in [6, 6.07) is 15.8. The SMILES string of the molecule is C=CCOCCCCc1ccc(Cc2cc(C)ccc2C)cc1. The topological polar surface area (TPSA) is 9.23 Å². The highest BCUT2D eigenvalue weighted by molar-refractivity contribution is 5.35. The van der Waals surface area contributed by atoms with E-state index in [1.807, 2.05) is 0 Å². The fourth-order valence-electron chi connectivity index (χ4n) is 2.73. The fourth-order valence-corrected chi connectivity index (χ4v) is 2.73. The average Bonchev–Trinajstić information content (AvgIpc) is 2.56. The third-order valence-corrected chi connectivity index (χ3v) is 4.16. The van der Waals surface area contributed by atoms with E-state index in [0.29, 0.717) is 6.61 Å². The molecule has 0 atom stereocenters. The minimum absolute atomic E-state index is 0.660. The van der Waals surface area contributed by atoms with Gasteiger partial charge in [-0.3, -0.25) is 0 Å². The van der Waals surface area contributed by atoms with Gasteiger partial charge in [-0.2, -0.15) is 0 Å². The Morgan fingerprint density at radius 3 is 2.43 bits per heavy atom. The van der Waals surface area contributed by atoms with E-state index in [4.69, 9.17) is 4.74 Å². The molecule has 2 aromatic rings. The molecule has 1 nitrogen and oxygen atoms in total. The van der Waals surface area contributed by atoms with Crippen molar-refractivity contribution in [1.29, 1.82) is 0 Å². The molecule has 0 heterocycles. The summed E-state index contributed by atoms with van der Waals surface area (Å²) in [5.74, 6) is 0. The Balaban J connectivity index is 1.82. The lowest BCUT2D eigenvalue weighted by molar-refractivity contribution is 0.158. The van der Waals surface area contributed by atoms with Gasteiger partial charge >= 0.3 is 0 Å². The number of rotatable bonds is 9. The van der Waals surface area contributed by atoms with Crippen LogP contribution >= 0.6 is 0 Å². The molecule has 23 heavy (non-hydrogen) atoms. The molecule has 1 heteroatoms. The first-order valence-electron chi connectivity index (χ1n) is 8.51. The summed E-state index contributed by atoms with van der Waals surface area (Å²) in [5, 5.41) is 0. The van der Waals surface area contributed by atoms with E-state index in [1.54, 1.807) is 6.08 Å². The lowest BCUT2D eigenvalue weighted by atomic mass is 9.97. The molecule has 0 spiro atoms.